The third-order valence-corrected chi connectivity index (χ3v) is 9.05. The number of hydrogen-bond donors (Lipinski definition) is 4. The van der Waals surface area contributed by atoms with E-state index in [1.807, 2.05) is 12.1 Å². The monoisotopic (exact) mass is 623 g/mol. The molecule has 222 valence electrons. The molecule has 0 saturated carbocycles. The van der Waals surface area contributed by atoms with Crippen LogP contribution in [-0.2, 0) is 38.7 Å². The van der Waals surface area contributed by atoms with E-state index in [4.69, 9.17) is 5.11 Å². The van der Waals surface area contributed by atoms with E-state index in [9.17, 15) is 29.1 Å². The molecule has 1 unspecified atom stereocenters. The molecular weight excluding hydrogens is 598 g/mol. The van der Waals surface area contributed by atoms with E-state index >= 15 is 0 Å². The second kappa shape index (κ2) is 13.1. The van der Waals surface area contributed by atoms with E-state index in [1.165, 1.54) is 16.7 Å². The van der Waals surface area contributed by atoms with E-state index in [0.717, 1.165) is 22.0 Å². The van der Waals surface area contributed by atoms with E-state index in [-0.39, 0.29) is 41.2 Å². The fraction of sp³-hybridized carbons (Fsp3) is 0.259. The van der Waals surface area contributed by atoms with Gasteiger partial charge in [-0.15, -0.1) is 16.9 Å². The van der Waals surface area contributed by atoms with Gasteiger partial charge < -0.3 is 20.8 Å². The number of hydrogen-bond acceptors (Lipinski definition) is 10. The number of carboxylic acids is 2. The van der Waals surface area contributed by atoms with Crippen LogP contribution in [0.15, 0.2) is 71.0 Å². The molecule has 2 aliphatic heterocycles. The topological polar surface area (TPSA) is 197 Å². The molecule has 0 bridgehead atoms. The summed E-state index contributed by atoms with van der Waals surface area (Å²) in [4.78, 5) is 62.9. The second-order valence-electron chi connectivity index (χ2n) is 9.51. The quantitative estimate of drug-likeness (QED) is 0.164. The highest BCUT2D eigenvalue weighted by Gasteiger charge is 2.54. The minimum Gasteiger partial charge on any atom is -0.480 e. The van der Waals surface area contributed by atoms with Crippen molar-refractivity contribution in [2.24, 2.45) is 0 Å². The lowest BCUT2D eigenvalue weighted by molar-refractivity contribution is -0.150. The van der Waals surface area contributed by atoms with Crippen molar-refractivity contribution in [2.45, 2.75) is 36.1 Å². The first-order valence-corrected chi connectivity index (χ1v) is 15.0. The van der Waals surface area contributed by atoms with Crippen LogP contribution in [0, 0.1) is 0 Å². The van der Waals surface area contributed by atoms with Crippen molar-refractivity contribution in [3.8, 4) is 0 Å². The number of carbonyl (C=O) groups is 5. The van der Waals surface area contributed by atoms with Gasteiger partial charge in [0.15, 0.2) is 0 Å². The van der Waals surface area contributed by atoms with Gasteiger partial charge in [-0.2, -0.15) is 0 Å². The lowest BCUT2D eigenvalue weighted by atomic mass is 10.0. The number of rotatable bonds is 12. The third-order valence-electron chi connectivity index (χ3n) is 6.67. The molecule has 0 aliphatic carbocycles. The van der Waals surface area contributed by atoms with Crippen LogP contribution in [0.5, 0.6) is 0 Å². The summed E-state index contributed by atoms with van der Waals surface area (Å²) >= 11 is 2.39. The van der Waals surface area contributed by atoms with Crippen molar-refractivity contribution in [3.05, 3.63) is 82.6 Å². The maximum Gasteiger partial charge on any atom is 0.352 e. The number of carbonyl (C=O) groups excluding carboxylic acids is 3. The predicted octanol–water partition coefficient (Wildman–Crippen LogP) is 0.761. The maximum atomic E-state index is 13.1. The fourth-order valence-corrected chi connectivity index (χ4v) is 7.00. The van der Waals surface area contributed by atoms with Gasteiger partial charge >= 0.3 is 11.9 Å². The normalized spacial score (nSPS) is 17.6. The smallest absolute Gasteiger partial charge is 0.352 e. The summed E-state index contributed by atoms with van der Waals surface area (Å²) in [6.45, 7) is -0.238. The molecule has 3 amide bonds. The Kier molecular flexibility index (Phi) is 9.06. The summed E-state index contributed by atoms with van der Waals surface area (Å²) < 4.78 is 1.09. The van der Waals surface area contributed by atoms with Crippen molar-refractivity contribution < 1.29 is 34.2 Å². The van der Waals surface area contributed by atoms with Crippen LogP contribution >= 0.6 is 23.5 Å². The molecule has 1 fully saturated rings. The standard InChI is InChI=1S/C27H25N7O7S2/c35-19(10-16-8-4-5-9-17(16)11-28-23(38)15-6-2-1-3-7-15)29-21-24(39)34-22(26(40)41)18(13-42-25(21)34)14-43-27-30-31-32-33(27)12-20(36)37/h1-9,21,25H,10-14H2,(H,28,38)(H,29,35)(H,36,37)(H,40,41)/t21?,25-/m1/s1. The average molecular weight is 624 g/mol. The lowest BCUT2D eigenvalue weighted by Crippen LogP contribution is -2.70. The highest BCUT2D eigenvalue weighted by atomic mass is 32.2. The van der Waals surface area contributed by atoms with Gasteiger partial charge in [0, 0.05) is 23.6 Å². The number of nitrogens with zero attached hydrogens (tertiary/aromatic N) is 5. The molecule has 14 nitrogen and oxygen atoms in total. The van der Waals surface area contributed by atoms with E-state index in [1.54, 1.807) is 42.5 Å². The molecule has 3 aromatic rings. The van der Waals surface area contributed by atoms with Crippen LogP contribution in [0.25, 0.3) is 0 Å². The Labute approximate surface area is 252 Å². The SMILES string of the molecule is O=C(O)Cn1nnnc1SCC1=C(C(=O)O)N2C(=O)C(NC(=O)Cc3ccccc3CNC(=O)c3ccccc3)[C@H]2SC1. The molecule has 16 heteroatoms. The van der Waals surface area contributed by atoms with Gasteiger partial charge in [0.1, 0.15) is 23.7 Å². The number of carboxylic acid groups (broad SMARTS) is 2. The van der Waals surface area contributed by atoms with Gasteiger partial charge in [0.2, 0.25) is 11.1 Å². The first-order valence-electron chi connectivity index (χ1n) is 12.9. The molecule has 0 spiro atoms. The second-order valence-corrected chi connectivity index (χ2v) is 11.6. The third kappa shape index (κ3) is 6.70. The Balaban J connectivity index is 1.20. The number of benzene rings is 2. The Morgan fingerprint density at radius 2 is 1.74 bits per heavy atom. The van der Waals surface area contributed by atoms with Crippen LogP contribution in [0.2, 0.25) is 0 Å². The minimum atomic E-state index is -1.28. The van der Waals surface area contributed by atoms with E-state index in [0.29, 0.717) is 16.7 Å². The number of β-lactam (4-membered cyclic amide) rings is 1. The molecule has 2 aromatic carbocycles. The van der Waals surface area contributed by atoms with Crippen molar-refractivity contribution in [2.75, 3.05) is 11.5 Å². The van der Waals surface area contributed by atoms with Crippen molar-refractivity contribution in [3.63, 3.8) is 0 Å². The van der Waals surface area contributed by atoms with Crippen LogP contribution in [0.4, 0.5) is 0 Å². The van der Waals surface area contributed by atoms with E-state index < -0.39 is 41.7 Å². The maximum absolute atomic E-state index is 13.1. The van der Waals surface area contributed by atoms with Gasteiger partial charge in [-0.05, 0) is 39.3 Å². The van der Waals surface area contributed by atoms with Gasteiger partial charge in [-0.25, -0.2) is 9.48 Å². The minimum absolute atomic E-state index is 0.0346. The Bertz CT molecular complexity index is 1610. The summed E-state index contributed by atoms with van der Waals surface area (Å²) in [5, 5.41) is 35.0. The number of nitrogens with one attached hydrogen (secondary N) is 2. The number of tetrazole rings is 1. The fourth-order valence-electron chi connectivity index (χ4n) is 4.64. The largest absolute Gasteiger partial charge is 0.480 e. The van der Waals surface area contributed by atoms with Gasteiger partial charge in [-0.1, -0.05) is 54.2 Å². The van der Waals surface area contributed by atoms with Gasteiger partial charge in [0.25, 0.3) is 11.8 Å². The summed E-state index contributed by atoms with van der Waals surface area (Å²) in [5.41, 5.74) is 2.25. The van der Waals surface area contributed by atoms with Crippen molar-refractivity contribution in [1.82, 2.24) is 35.7 Å². The molecule has 3 heterocycles. The highest BCUT2D eigenvalue weighted by Crippen LogP contribution is 2.41. The molecular formula is C27H25N7O7S2. The summed E-state index contributed by atoms with van der Waals surface area (Å²) in [6.07, 6.45) is -0.0346. The van der Waals surface area contributed by atoms with Crippen molar-refractivity contribution >= 4 is 53.2 Å². The molecule has 1 aromatic heterocycles. The predicted molar refractivity (Wildman–Crippen MR) is 154 cm³/mol. The first-order chi connectivity index (χ1) is 20.7. The number of thioether (sulfide) groups is 2. The molecule has 5 rings (SSSR count). The number of fused-ring (bicyclic) bond motifs is 1. The number of aliphatic carboxylic acids is 2. The molecule has 4 N–H and O–H groups in total. The van der Waals surface area contributed by atoms with Gasteiger partial charge in [0.05, 0.1) is 6.42 Å². The summed E-state index contributed by atoms with van der Waals surface area (Å²) in [7, 11) is 0. The van der Waals surface area contributed by atoms with Crippen LogP contribution in [0.1, 0.15) is 21.5 Å². The molecule has 2 atom stereocenters. The van der Waals surface area contributed by atoms with Crippen LogP contribution < -0.4 is 10.6 Å². The Morgan fingerprint density at radius 1 is 1.02 bits per heavy atom. The number of aromatic nitrogens is 4. The zero-order valence-corrected chi connectivity index (χ0v) is 24.0. The van der Waals surface area contributed by atoms with Crippen molar-refractivity contribution in [1.29, 1.82) is 0 Å². The molecule has 43 heavy (non-hydrogen) atoms. The molecule has 1 saturated heterocycles. The molecule has 2 aliphatic rings. The Morgan fingerprint density at radius 3 is 2.47 bits per heavy atom. The van der Waals surface area contributed by atoms with Crippen LogP contribution in [-0.4, -0.2) is 87.9 Å². The zero-order valence-electron chi connectivity index (χ0n) is 22.4. The number of amides is 3. The van der Waals surface area contributed by atoms with E-state index in [2.05, 4.69) is 26.2 Å². The van der Waals surface area contributed by atoms with Crippen LogP contribution in [0.3, 0.4) is 0 Å². The zero-order chi connectivity index (χ0) is 30.5. The average Bonchev–Trinajstić information content (AvgIpc) is 3.44. The summed E-state index contributed by atoms with van der Waals surface area (Å²) in [5.74, 6) is -3.20. The summed E-state index contributed by atoms with van der Waals surface area (Å²) in [6, 6.07) is 15.0. The first kappa shape index (κ1) is 29.8. The Hall–Kier alpha value is -4.70. The lowest BCUT2D eigenvalue weighted by Gasteiger charge is -2.49. The highest BCUT2D eigenvalue weighted by molar-refractivity contribution is 8.01. The molecule has 0 radical (unpaired) electrons. The van der Waals surface area contributed by atoms with Gasteiger partial charge in [-0.3, -0.25) is 24.1 Å².